The number of benzene rings is 1. The largest absolute Gasteiger partial charge is 0.311 e. The van der Waals surface area contributed by atoms with Gasteiger partial charge in [-0.2, -0.15) is 0 Å². The van der Waals surface area contributed by atoms with Gasteiger partial charge in [-0.25, -0.2) is 4.39 Å². The van der Waals surface area contributed by atoms with E-state index >= 15 is 0 Å². The molecule has 0 saturated carbocycles. The van der Waals surface area contributed by atoms with Crippen molar-refractivity contribution in [2.24, 2.45) is 0 Å². The van der Waals surface area contributed by atoms with E-state index in [-0.39, 0.29) is 16.6 Å². The zero-order valence-electron chi connectivity index (χ0n) is 8.34. The Bertz CT molecular complexity index is 408. The minimum absolute atomic E-state index is 0.0565. The minimum Gasteiger partial charge on any atom is -0.311 e. The molecule has 0 radical (unpaired) electrons. The van der Waals surface area contributed by atoms with E-state index in [4.69, 9.17) is 0 Å². The van der Waals surface area contributed by atoms with Crippen molar-refractivity contribution in [2.75, 3.05) is 11.4 Å². The lowest BCUT2D eigenvalue weighted by molar-refractivity contribution is -0.116. The number of nitrogens with zero attached hydrogens (tertiary/aromatic N) is 1. The van der Waals surface area contributed by atoms with Crippen LogP contribution in [-0.4, -0.2) is 17.3 Å². The number of amides is 1. The lowest BCUT2D eigenvalue weighted by Crippen LogP contribution is -2.27. The third kappa shape index (κ3) is 1.91. The molecule has 1 heterocycles. The van der Waals surface area contributed by atoms with Crippen LogP contribution in [0.4, 0.5) is 10.1 Å². The van der Waals surface area contributed by atoms with E-state index in [9.17, 15) is 9.18 Å². The summed E-state index contributed by atoms with van der Waals surface area (Å²) >= 11 is 3.31. The number of hydrogen-bond donors (Lipinski definition) is 0. The molecule has 15 heavy (non-hydrogen) atoms. The van der Waals surface area contributed by atoms with Crippen LogP contribution in [0.25, 0.3) is 0 Å². The van der Waals surface area contributed by atoms with Gasteiger partial charge in [0, 0.05) is 12.2 Å². The van der Waals surface area contributed by atoms with Crippen LogP contribution in [0.1, 0.15) is 12.0 Å². The Balaban J connectivity index is 2.31. The fourth-order valence-corrected chi connectivity index (χ4v) is 2.15. The van der Waals surface area contributed by atoms with Crippen molar-refractivity contribution in [3.8, 4) is 0 Å². The van der Waals surface area contributed by atoms with Gasteiger partial charge in [0.15, 0.2) is 0 Å². The topological polar surface area (TPSA) is 20.3 Å². The molecule has 0 aliphatic carbocycles. The SMILES string of the molecule is Cc1cc(N2CCC(Br)C2=O)ccc1F. The lowest BCUT2D eigenvalue weighted by Gasteiger charge is -2.16. The molecule has 2 rings (SSSR count). The van der Waals surface area contributed by atoms with Crippen LogP contribution in [0.15, 0.2) is 18.2 Å². The molecule has 4 heteroatoms. The smallest absolute Gasteiger partial charge is 0.240 e. The molecular formula is C11H11BrFNO. The molecule has 1 atom stereocenters. The van der Waals surface area contributed by atoms with Crippen LogP contribution in [0, 0.1) is 12.7 Å². The van der Waals surface area contributed by atoms with Crippen molar-refractivity contribution in [3.05, 3.63) is 29.6 Å². The van der Waals surface area contributed by atoms with E-state index < -0.39 is 0 Å². The number of hydrogen-bond acceptors (Lipinski definition) is 1. The normalized spacial score (nSPS) is 21.1. The third-order valence-electron chi connectivity index (χ3n) is 2.59. The van der Waals surface area contributed by atoms with Gasteiger partial charge in [0.2, 0.25) is 5.91 Å². The number of anilines is 1. The van der Waals surface area contributed by atoms with Crippen molar-refractivity contribution in [3.63, 3.8) is 0 Å². The maximum atomic E-state index is 13.0. The van der Waals surface area contributed by atoms with Crippen molar-refractivity contribution in [1.82, 2.24) is 0 Å². The van der Waals surface area contributed by atoms with Gasteiger partial charge < -0.3 is 4.90 Å². The molecule has 1 saturated heterocycles. The molecule has 1 amide bonds. The quantitative estimate of drug-likeness (QED) is 0.720. The van der Waals surface area contributed by atoms with E-state index in [2.05, 4.69) is 15.9 Å². The molecule has 1 aliphatic rings. The van der Waals surface area contributed by atoms with Gasteiger partial charge in [0.25, 0.3) is 0 Å². The van der Waals surface area contributed by atoms with Crippen LogP contribution in [0.3, 0.4) is 0 Å². The Hall–Kier alpha value is -0.900. The first-order chi connectivity index (χ1) is 7.09. The number of carbonyl (C=O) groups excluding carboxylic acids is 1. The highest BCUT2D eigenvalue weighted by Gasteiger charge is 2.30. The number of rotatable bonds is 1. The van der Waals surface area contributed by atoms with Crippen LogP contribution in [-0.2, 0) is 4.79 Å². The average Bonchev–Trinajstić information content (AvgIpc) is 2.53. The molecule has 80 valence electrons. The van der Waals surface area contributed by atoms with E-state index in [1.165, 1.54) is 6.07 Å². The number of alkyl halides is 1. The van der Waals surface area contributed by atoms with Crippen molar-refractivity contribution >= 4 is 27.5 Å². The van der Waals surface area contributed by atoms with Gasteiger partial charge >= 0.3 is 0 Å². The molecule has 1 unspecified atom stereocenters. The Kier molecular flexibility index (Phi) is 2.78. The Morgan fingerprint density at radius 2 is 2.27 bits per heavy atom. The zero-order chi connectivity index (χ0) is 11.0. The molecule has 0 aromatic heterocycles. The number of carbonyl (C=O) groups is 1. The third-order valence-corrected chi connectivity index (χ3v) is 3.44. The second kappa shape index (κ2) is 3.93. The summed E-state index contributed by atoms with van der Waals surface area (Å²) in [6, 6.07) is 4.75. The summed E-state index contributed by atoms with van der Waals surface area (Å²) in [7, 11) is 0. The summed E-state index contributed by atoms with van der Waals surface area (Å²) < 4.78 is 13.0. The maximum Gasteiger partial charge on any atom is 0.240 e. The molecule has 0 N–H and O–H groups in total. The van der Waals surface area contributed by atoms with E-state index in [1.807, 2.05) is 0 Å². The summed E-state index contributed by atoms with van der Waals surface area (Å²) in [6.07, 6.45) is 0.801. The molecule has 1 aromatic rings. The summed E-state index contributed by atoms with van der Waals surface area (Å²) in [6.45, 7) is 2.39. The Labute approximate surface area is 96.2 Å². The Morgan fingerprint density at radius 1 is 1.53 bits per heavy atom. The number of halogens is 2. The summed E-state index contributed by atoms with van der Waals surface area (Å²) in [4.78, 5) is 13.3. The van der Waals surface area contributed by atoms with Crippen molar-refractivity contribution in [1.29, 1.82) is 0 Å². The summed E-state index contributed by atoms with van der Waals surface area (Å²) in [5, 5.41) is 0. The minimum atomic E-state index is -0.235. The standard InChI is InChI=1S/C11H11BrFNO/c1-7-6-8(2-3-10(7)13)14-5-4-9(12)11(14)15/h2-3,6,9H,4-5H2,1H3. The van der Waals surface area contributed by atoms with Crippen LogP contribution in [0.2, 0.25) is 0 Å². The highest BCUT2D eigenvalue weighted by atomic mass is 79.9. The monoisotopic (exact) mass is 271 g/mol. The maximum absolute atomic E-state index is 13.0. The average molecular weight is 272 g/mol. The first-order valence-corrected chi connectivity index (χ1v) is 5.73. The number of aryl methyl sites for hydroxylation is 1. The van der Waals surface area contributed by atoms with Gasteiger partial charge in [-0.05, 0) is 37.1 Å². The molecule has 1 aliphatic heterocycles. The van der Waals surface area contributed by atoms with Gasteiger partial charge in [-0.15, -0.1) is 0 Å². The van der Waals surface area contributed by atoms with Crippen molar-refractivity contribution in [2.45, 2.75) is 18.2 Å². The summed E-state index contributed by atoms with van der Waals surface area (Å²) in [5.74, 6) is -0.179. The van der Waals surface area contributed by atoms with Crippen LogP contribution < -0.4 is 4.90 Å². The van der Waals surface area contributed by atoms with Gasteiger partial charge in [-0.1, -0.05) is 15.9 Å². The Morgan fingerprint density at radius 3 is 2.80 bits per heavy atom. The first-order valence-electron chi connectivity index (χ1n) is 4.81. The summed E-state index contributed by atoms with van der Waals surface area (Å²) in [5.41, 5.74) is 1.35. The zero-order valence-corrected chi connectivity index (χ0v) is 9.92. The molecule has 1 fully saturated rings. The molecular weight excluding hydrogens is 261 g/mol. The second-order valence-electron chi connectivity index (χ2n) is 3.68. The van der Waals surface area contributed by atoms with E-state index in [0.29, 0.717) is 12.1 Å². The molecule has 0 bridgehead atoms. The van der Waals surface area contributed by atoms with Gasteiger partial charge in [-0.3, -0.25) is 4.79 Å². The van der Waals surface area contributed by atoms with E-state index in [1.54, 1.807) is 24.0 Å². The highest BCUT2D eigenvalue weighted by Crippen LogP contribution is 2.26. The van der Waals surface area contributed by atoms with Gasteiger partial charge in [0.05, 0.1) is 4.83 Å². The first kappa shape index (κ1) is 10.6. The van der Waals surface area contributed by atoms with Crippen LogP contribution >= 0.6 is 15.9 Å². The van der Waals surface area contributed by atoms with Crippen molar-refractivity contribution < 1.29 is 9.18 Å². The molecule has 2 nitrogen and oxygen atoms in total. The predicted molar refractivity (Wildman–Crippen MR) is 60.8 cm³/mol. The van der Waals surface area contributed by atoms with Crippen LogP contribution in [0.5, 0.6) is 0 Å². The highest BCUT2D eigenvalue weighted by molar-refractivity contribution is 9.10. The van der Waals surface area contributed by atoms with E-state index in [0.717, 1.165) is 12.1 Å². The van der Waals surface area contributed by atoms with Gasteiger partial charge in [0.1, 0.15) is 5.82 Å². The lowest BCUT2D eigenvalue weighted by atomic mass is 10.2. The molecule has 1 aromatic carbocycles. The predicted octanol–water partition coefficient (Wildman–Crippen LogP) is 2.63. The fourth-order valence-electron chi connectivity index (χ4n) is 1.70. The fraction of sp³-hybridized carbons (Fsp3) is 0.364. The molecule has 0 spiro atoms. The second-order valence-corrected chi connectivity index (χ2v) is 4.78.